The number of rotatable bonds is 9. The first-order valence-electron chi connectivity index (χ1n) is 13.3. The lowest BCUT2D eigenvalue weighted by Crippen LogP contribution is -2.45. The van der Waals surface area contributed by atoms with Gasteiger partial charge in [0.1, 0.15) is 6.04 Å². The van der Waals surface area contributed by atoms with Gasteiger partial charge in [0.15, 0.2) is 0 Å². The van der Waals surface area contributed by atoms with Gasteiger partial charge in [0.05, 0.1) is 11.3 Å². The summed E-state index contributed by atoms with van der Waals surface area (Å²) in [5, 5.41) is 8.65. The van der Waals surface area contributed by atoms with Crippen LogP contribution in [0.4, 0.5) is 11.4 Å². The summed E-state index contributed by atoms with van der Waals surface area (Å²) in [5.74, 6) is -1.15. The average molecular weight is 540 g/mol. The second kappa shape index (κ2) is 13.0. The van der Waals surface area contributed by atoms with Gasteiger partial charge in [-0.1, -0.05) is 103 Å². The van der Waals surface area contributed by atoms with Crippen molar-refractivity contribution in [2.24, 2.45) is 0 Å². The smallest absolute Gasteiger partial charge is 0.255 e. The summed E-state index contributed by atoms with van der Waals surface area (Å²) in [6.07, 6.45) is 0.291. The highest BCUT2D eigenvalue weighted by Crippen LogP contribution is 2.22. The monoisotopic (exact) mass is 539 g/mol. The van der Waals surface area contributed by atoms with Crippen LogP contribution in [0.2, 0.25) is 0 Å². The van der Waals surface area contributed by atoms with E-state index in [1.165, 1.54) is 0 Å². The quantitative estimate of drug-likeness (QED) is 0.198. The van der Waals surface area contributed by atoms with Crippen LogP contribution in [0.1, 0.15) is 26.3 Å². The van der Waals surface area contributed by atoms with Crippen molar-refractivity contribution in [3.8, 4) is 11.1 Å². The maximum Gasteiger partial charge on any atom is 0.255 e. The lowest BCUT2D eigenvalue weighted by atomic mass is 10.0. The summed E-state index contributed by atoms with van der Waals surface area (Å²) in [5.41, 5.74) is 4.73. The van der Waals surface area contributed by atoms with Crippen molar-refractivity contribution in [3.05, 3.63) is 156 Å². The maximum atomic E-state index is 13.5. The Morgan fingerprint density at radius 3 is 1.78 bits per heavy atom. The molecule has 0 aliphatic carbocycles. The van der Waals surface area contributed by atoms with Gasteiger partial charge in [-0.05, 0) is 53.1 Å². The van der Waals surface area contributed by atoms with Crippen LogP contribution in [0.25, 0.3) is 11.1 Å². The van der Waals surface area contributed by atoms with Crippen LogP contribution in [-0.2, 0) is 11.2 Å². The van der Waals surface area contributed by atoms with Crippen molar-refractivity contribution in [2.45, 2.75) is 12.5 Å². The third kappa shape index (κ3) is 7.13. The summed E-state index contributed by atoms with van der Waals surface area (Å²) in [7, 11) is 0. The zero-order valence-corrected chi connectivity index (χ0v) is 22.3. The molecule has 5 rings (SSSR count). The van der Waals surface area contributed by atoms with Gasteiger partial charge in [-0.2, -0.15) is 0 Å². The summed E-state index contributed by atoms with van der Waals surface area (Å²) in [6, 6.07) is 41.7. The lowest BCUT2D eigenvalue weighted by Gasteiger charge is -2.20. The van der Waals surface area contributed by atoms with E-state index in [-0.39, 0.29) is 17.4 Å². The molecule has 0 bridgehead atoms. The Kier molecular flexibility index (Phi) is 8.62. The Balaban J connectivity index is 1.34. The Morgan fingerprint density at radius 2 is 1.10 bits per heavy atom. The van der Waals surface area contributed by atoms with Gasteiger partial charge in [0.2, 0.25) is 5.91 Å². The molecule has 6 nitrogen and oxygen atoms in total. The molecule has 0 radical (unpaired) electrons. The molecule has 0 aromatic heterocycles. The number of benzene rings is 5. The third-order valence-electron chi connectivity index (χ3n) is 6.62. The van der Waals surface area contributed by atoms with Gasteiger partial charge in [-0.15, -0.1) is 0 Å². The molecule has 0 spiro atoms. The summed E-state index contributed by atoms with van der Waals surface area (Å²) >= 11 is 0. The minimum atomic E-state index is -0.864. The van der Waals surface area contributed by atoms with E-state index in [0.717, 1.165) is 16.7 Å². The topological polar surface area (TPSA) is 87.3 Å². The molecule has 6 heteroatoms. The fourth-order valence-electron chi connectivity index (χ4n) is 4.48. The van der Waals surface area contributed by atoms with Crippen LogP contribution < -0.4 is 16.0 Å². The fraction of sp³-hybridized carbons (Fsp3) is 0.0571. The van der Waals surface area contributed by atoms with E-state index in [1.807, 2.05) is 91.0 Å². The molecule has 3 amide bonds. The number of para-hydroxylation sites is 1. The number of carbonyl (C=O) groups excluding carboxylic acids is 3. The number of hydrogen-bond donors (Lipinski definition) is 3. The van der Waals surface area contributed by atoms with Gasteiger partial charge >= 0.3 is 0 Å². The molecule has 0 saturated heterocycles. The highest BCUT2D eigenvalue weighted by atomic mass is 16.2. The highest BCUT2D eigenvalue weighted by molar-refractivity contribution is 6.10. The van der Waals surface area contributed by atoms with Crippen LogP contribution in [0.15, 0.2) is 140 Å². The van der Waals surface area contributed by atoms with Crippen molar-refractivity contribution in [3.63, 3.8) is 0 Å². The first kappa shape index (κ1) is 27.1. The molecule has 1 atom stereocenters. The minimum Gasteiger partial charge on any atom is -0.340 e. The van der Waals surface area contributed by atoms with Gasteiger partial charge in [0, 0.05) is 17.7 Å². The summed E-state index contributed by atoms with van der Waals surface area (Å²) in [4.78, 5) is 39.8. The fourth-order valence-corrected chi connectivity index (χ4v) is 4.48. The third-order valence-corrected chi connectivity index (χ3v) is 6.62. The van der Waals surface area contributed by atoms with Crippen LogP contribution in [0, 0.1) is 0 Å². The molecule has 0 aliphatic heterocycles. The van der Waals surface area contributed by atoms with E-state index in [1.54, 1.807) is 48.5 Å². The molecular weight excluding hydrogens is 510 g/mol. The van der Waals surface area contributed by atoms with E-state index in [4.69, 9.17) is 0 Å². The summed E-state index contributed by atoms with van der Waals surface area (Å²) in [6.45, 7) is 0. The zero-order chi connectivity index (χ0) is 28.4. The van der Waals surface area contributed by atoms with Crippen molar-refractivity contribution < 1.29 is 14.4 Å². The zero-order valence-electron chi connectivity index (χ0n) is 22.3. The molecule has 0 unspecified atom stereocenters. The Labute approximate surface area is 239 Å². The Morgan fingerprint density at radius 1 is 0.537 bits per heavy atom. The number of carbonyl (C=O) groups is 3. The van der Waals surface area contributed by atoms with Crippen molar-refractivity contribution >= 4 is 29.1 Å². The van der Waals surface area contributed by atoms with Crippen LogP contribution in [0.3, 0.4) is 0 Å². The number of amides is 3. The predicted octanol–water partition coefficient (Wildman–Crippen LogP) is 6.59. The SMILES string of the molecule is O=C(Nc1ccccc1C(=O)N[C@H](Cc1ccccc1)C(=O)Nc1ccc(-c2ccccc2)cc1)c1ccccc1. The number of nitrogens with one attached hydrogen (secondary N) is 3. The maximum absolute atomic E-state index is 13.5. The molecule has 0 saturated carbocycles. The highest BCUT2D eigenvalue weighted by Gasteiger charge is 2.24. The second-order valence-corrected chi connectivity index (χ2v) is 9.51. The molecule has 0 fully saturated rings. The van der Waals surface area contributed by atoms with Crippen LogP contribution in [-0.4, -0.2) is 23.8 Å². The van der Waals surface area contributed by atoms with E-state index in [0.29, 0.717) is 23.4 Å². The lowest BCUT2D eigenvalue weighted by molar-refractivity contribution is -0.118. The van der Waals surface area contributed by atoms with E-state index in [2.05, 4.69) is 16.0 Å². The first-order chi connectivity index (χ1) is 20.1. The second-order valence-electron chi connectivity index (χ2n) is 9.51. The molecule has 0 heterocycles. The van der Waals surface area contributed by atoms with Crippen molar-refractivity contribution in [1.29, 1.82) is 0 Å². The Bertz CT molecular complexity index is 1620. The molecule has 0 aliphatic rings. The first-order valence-corrected chi connectivity index (χ1v) is 13.3. The van der Waals surface area contributed by atoms with Gasteiger partial charge < -0.3 is 16.0 Å². The van der Waals surface area contributed by atoms with E-state index >= 15 is 0 Å². The minimum absolute atomic E-state index is 0.259. The van der Waals surface area contributed by atoms with Gasteiger partial charge in [0.25, 0.3) is 11.8 Å². The average Bonchev–Trinajstić information content (AvgIpc) is 3.02. The molecule has 41 heavy (non-hydrogen) atoms. The van der Waals surface area contributed by atoms with Crippen LogP contribution >= 0.6 is 0 Å². The molecule has 3 N–H and O–H groups in total. The predicted molar refractivity (Wildman–Crippen MR) is 163 cm³/mol. The number of hydrogen-bond acceptors (Lipinski definition) is 3. The number of anilines is 2. The molecule has 5 aromatic rings. The standard InChI is InChI=1S/C35H29N3O3/c39-33(28-16-8-3-9-17-28)37-31-19-11-10-18-30(31)34(40)38-32(24-25-12-4-1-5-13-25)35(41)36-29-22-20-27(21-23-29)26-14-6-2-7-15-26/h1-23,32H,24H2,(H,36,41)(H,37,39)(H,38,40)/t32-/m1/s1. The normalized spacial score (nSPS) is 11.2. The van der Waals surface area contributed by atoms with Crippen molar-refractivity contribution in [2.75, 3.05) is 10.6 Å². The van der Waals surface area contributed by atoms with Crippen LogP contribution in [0.5, 0.6) is 0 Å². The van der Waals surface area contributed by atoms with Crippen molar-refractivity contribution in [1.82, 2.24) is 5.32 Å². The molecule has 5 aromatic carbocycles. The largest absolute Gasteiger partial charge is 0.340 e. The van der Waals surface area contributed by atoms with Gasteiger partial charge in [-0.3, -0.25) is 14.4 Å². The molecular formula is C35H29N3O3. The van der Waals surface area contributed by atoms with Gasteiger partial charge in [-0.25, -0.2) is 0 Å². The summed E-state index contributed by atoms with van der Waals surface area (Å²) < 4.78 is 0. The Hall–Kier alpha value is -5.49. The van der Waals surface area contributed by atoms with E-state index in [9.17, 15) is 14.4 Å². The molecule has 202 valence electrons. The van der Waals surface area contributed by atoms with E-state index < -0.39 is 11.9 Å².